The Morgan fingerprint density at radius 2 is 2.41 bits per heavy atom. The van der Waals surface area contributed by atoms with Gasteiger partial charge in [-0.05, 0) is 25.8 Å². The van der Waals surface area contributed by atoms with E-state index in [1.165, 1.54) is 18.5 Å². The minimum absolute atomic E-state index is 0.0958. The molecule has 1 fully saturated rings. The van der Waals surface area contributed by atoms with Gasteiger partial charge in [-0.15, -0.1) is 0 Å². The SMILES string of the molecule is CC1CCC(COc2cncc(C(=O)O)c2)O1. The van der Waals surface area contributed by atoms with Crippen molar-refractivity contribution in [3.8, 4) is 5.75 Å². The molecule has 0 amide bonds. The molecular formula is C12H15NO4. The molecule has 2 unspecified atom stereocenters. The summed E-state index contributed by atoms with van der Waals surface area (Å²) in [6, 6.07) is 1.47. The van der Waals surface area contributed by atoms with E-state index in [2.05, 4.69) is 4.98 Å². The highest BCUT2D eigenvalue weighted by molar-refractivity contribution is 5.87. The number of carboxylic acid groups (broad SMARTS) is 1. The highest BCUT2D eigenvalue weighted by Gasteiger charge is 2.22. The molecule has 0 spiro atoms. The molecule has 1 saturated heterocycles. The summed E-state index contributed by atoms with van der Waals surface area (Å²) in [5.41, 5.74) is 0.128. The lowest BCUT2D eigenvalue weighted by Crippen LogP contribution is -2.18. The Morgan fingerprint density at radius 1 is 1.59 bits per heavy atom. The number of ether oxygens (including phenoxy) is 2. The Bertz CT molecular complexity index is 407. The smallest absolute Gasteiger partial charge is 0.337 e. The van der Waals surface area contributed by atoms with Crippen LogP contribution in [0.4, 0.5) is 0 Å². The molecule has 1 N–H and O–H groups in total. The third-order valence-electron chi connectivity index (χ3n) is 2.72. The van der Waals surface area contributed by atoms with Crippen LogP contribution in [0.2, 0.25) is 0 Å². The molecule has 1 aliphatic rings. The number of aromatic carboxylic acids is 1. The molecule has 2 atom stereocenters. The fourth-order valence-corrected chi connectivity index (χ4v) is 1.81. The molecule has 0 bridgehead atoms. The Labute approximate surface area is 99.4 Å². The van der Waals surface area contributed by atoms with Crippen molar-refractivity contribution in [2.75, 3.05) is 6.61 Å². The zero-order valence-corrected chi connectivity index (χ0v) is 9.63. The van der Waals surface area contributed by atoms with Crippen LogP contribution in [0, 0.1) is 0 Å². The third-order valence-corrected chi connectivity index (χ3v) is 2.72. The second-order valence-corrected chi connectivity index (χ2v) is 4.17. The van der Waals surface area contributed by atoms with E-state index < -0.39 is 5.97 Å². The summed E-state index contributed by atoms with van der Waals surface area (Å²) < 4.78 is 11.1. The predicted molar refractivity (Wildman–Crippen MR) is 60.3 cm³/mol. The Hall–Kier alpha value is -1.62. The van der Waals surface area contributed by atoms with Crippen LogP contribution in [-0.2, 0) is 4.74 Å². The van der Waals surface area contributed by atoms with Gasteiger partial charge in [0.1, 0.15) is 12.4 Å². The first-order valence-electron chi connectivity index (χ1n) is 5.62. The predicted octanol–water partition coefficient (Wildman–Crippen LogP) is 1.73. The van der Waals surface area contributed by atoms with Crippen LogP contribution in [0.1, 0.15) is 30.1 Å². The van der Waals surface area contributed by atoms with Crippen molar-refractivity contribution >= 4 is 5.97 Å². The summed E-state index contributed by atoms with van der Waals surface area (Å²) in [4.78, 5) is 14.6. The standard InChI is InChI=1S/C12H15NO4/c1-8-2-3-10(17-8)7-16-11-4-9(12(14)15)5-13-6-11/h4-6,8,10H,2-3,7H2,1H3,(H,14,15). The molecule has 1 aromatic heterocycles. The minimum Gasteiger partial charge on any atom is -0.489 e. The zero-order valence-electron chi connectivity index (χ0n) is 9.63. The van der Waals surface area contributed by atoms with Crippen molar-refractivity contribution in [1.29, 1.82) is 0 Å². The third kappa shape index (κ3) is 3.17. The number of carbonyl (C=O) groups is 1. The summed E-state index contributed by atoms with van der Waals surface area (Å²) in [7, 11) is 0. The van der Waals surface area contributed by atoms with E-state index in [-0.39, 0.29) is 17.8 Å². The highest BCUT2D eigenvalue weighted by atomic mass is 16.5. The van der Waals surface area contributed by atoms with Gasteiger partial charge in [0.25, 0.3) is 0 Å². The van der Waals surface area contributed by atoms with E-state index in [0.717, 1.165) is 12.8 Å². The largest absolute Gasteiger partial charge is 0.489 e. The summed E-state index contributed by atoms with van der Waals surface area (Å²) in [6.45, 7) is 2.47. The summed E-state index contributed by atoms with van der Waals surface area (Å²) >= 11 is 0. The van der Waals surface area contributed by atoms with Gasteiger partial charge in [-0.1, -0.05) is 0 Å². The van der Waals surface area contributed by atoms with Crippen molar-refractivity contribution < 1.29 is 19.4 Å². The van der Waals surface area contributed by atoms with Gasteiger partial charge < -0.3 is 14.6 Å². The lowest BCUT2D eigenvalue weighted by Gasteiger charge is -2.12. The zero-order chi connectivity index (χ0) is 12.3. The molecule has 0 saturated carbocycles. The van der Waals surface area contributed by atoms with Crippen molar-refractivity contribution in [1.82, 2.24) is 4.98 Å². The summed E-state index contributed by atoms with van der Waals surface area (Å²) in [6.07, 6.45) is 5.20. The number of rotatable bonds is 4. The van der Waals surface area contributed by atoms with Gasteiger partial charge in [0, 0.05) is 6.20 Å². The van der Waals surface area contributed by atoms with Crippen molar-refractivity contribution in [3.05, 3.63) is 24.0 Å². The second kappa shape index (κ2) is 5.14. The van der Waals surface area contributed by atoms with E-state index in [4.69, 9.17) is 14.6 Å². The molecule has 2 heterocycles. The highest BCUT2D eigenvalue weighted by Crippen LogP contribution is 2.20. The van der Waals surface area contributed by atoms with Crippen LogP contribution in [0.3, 0.4) is 0 Å². The first-order chi connectivity index (χ1) is 8.15. The first-order valence-corrected chi connectivity index (χ1v) is 5.62. The van der Waals surface area contributed by atoms with E-state index in [0.29, 0.717) is 12.4 Å². The normalized spacial score (nSPS) is 23.6. The van der Waals surface area contributed by atoms with Crippen LogP contribution < -0.4 is 4.74 Å². The van der Waals surface area contributed by atoms with Gasteiger partial charge in [0.05, 0.1) is 24.0 Å². The Morgan fingerprint density at radius 3 is 3.06 bits per heavy atom. The number of pyridine rings is 1. The molecule has 1 aliphatic heterocycles. The molecule has 0 aliphatic carbocycles. The van der Waals surface area contributed by atoms with Gasteiger partial charge in [-0.2, -0.15) is 0 Å². The molecule has 92 valence electrons. The van der Waals surface area contributed by atoms with E-state index in [9.17, 15) is 4.79 Å². The molecule has 0 radical (unpaired) electrons. The topological polar surface area (TPSA) is 68.7 Å². The van der Waals surface area contributed by atoms with Gasteiger partial charge in [0.2, 0.25) is 0 Å². The van der Waals surface area contributed by atoms with Gasteiger partial charge in [-0.3, -0.25) is 4.98 Å². The number of carboxylic acids is 1. The van der Waals surface area contributed by atoms with E-state index in [1.807, 2.05) is 6.92 Å². The van der Waals surface area contributed by atoms with Gasteiger partial charge in [0.15, 0.2) is 0 Å². The molecule has 0 aromatic carbocycles. The first kappa shape index (κ1) is 11.9. The average Bonchev–Trinajstić information content (AvgIpc) is 2.73. The average molecular weight is 237 g/mol. The Balaban J connectivity index is 1.90. The number of hydrogen-bond donors (Lipinski definition) is 1. The molecule has 17 heavy (non-hydrogen) atoms. The lowest BCUT2D eigenvalue weighted by molar-refractivity contribution is 0.0263. The Kier molecular flexibility index (Phi) is 3.58. The minimum atomic E-state index is -1.01. The van der Waals surface area contributed by atoms with Crippen LogP contribution >= 0.6 is 0 Å². The van der Waals surface area contributed by atoms with Crippen molar-refractivity contribution in [2.45, 2.75) is 32.0 Å². The fraction of sp³-hybridized carbons (Fsp3) is 0.500. The van der Waals surface area contributed by atoms with E-state index >= 15 is 0 Å². The molecule has 5 heteroatoms. The number of hydrogen-bond acceptors (Lipinski definition) is 4. The quantitative estimate of drug-likeness (QED) is 0.863. The van der Waals surface area contributed by atoms with Crippen molar-refractivity contribution in [2.24, 2.45) is 0 Å². The molecule has 2 rings (SSSR count). The molecule has 5 nitrogen and oxygen atoms in total. The number of nitrogens with zero attached hydrogens (tertiary/aromatic N) is 1. The maximum absolute atomic E-state index is 10.7. The maximum atomic E-state index is 10.7. The number of aromatic nitrogens is 1. The van der Waals surface area contributed by atoms with Crippen molar-refractivity contribution in [3.63, 3.8) is 0 Å². The fourth-order valence-electron chi connectivity index (χ4n) is 1.81. The van der Waals surface area contributed by atoms with Crippen LogP contribution in [0.15, 0.2) is 18.5 Å². The van der Waals surface area contributed by atoms with Gasteiger partial charge >= 0.3 is 5.97 Å². The van der Waals surface area contributed by atoms with E-state index in [1.54, 1.807) is 0 Å². The van der Waals surface area contributed by atoms with Crippen LogP contribution in [0.5, 0.6) is 5.75 Å². The van der Waals surface area contributed by atoms with Crippen LogP contribution in [0.25, 0.3) is 0 Å². The van der Waals surface area contributed by atoms with Crippen LogP contribution in [-0.4, -0.2) is 34.9 Å². The second-order valence-electron chi connectivity index (χ2n) is 4.17. The van der Waals surface area contributed by atoms with Gasteiger partial charge in [-0.25, -0.2) is 4.79 Å². The molecular weight excluding hydrogens is 222 g/mol. The molecule has 1 aromatic rings. The monoisotopic (exact) mass is 237 g/mol. The lowest BCUT2D eigenvalue weighted by atomic mass is 10.2. The maximum Gasteiger partial charge on any atom is 0.337 e. The summed E-state index contributed by atoms with van der Waals surface area (Å²) in [5, 5.41) is 8.80. The summed E-state index contributed by atoms with van der Waals surface area (Å²) in [5.74, 6) is -0.540.